The van der Waals surface area contributed by atoms with Crippen LogP contribution in [0.15, 0.2) is 60.8 Å². The van der Waals surface area contributed by atoms with E-state index < -0.39 is 5.97 Å². The second-order valence-corrected chi connectivity index (χ2v) is 10.4. The first-order valence-corrected chi connectivity index (χ1v) is 13.3. The summed E-state index contributed by atoms with van der Waals surface area (Å²) >= 11 is 1.28. The van der Waals surface area contributed by atoms with E-state index in [2.05, 4.69) is 10.3 Å². The molecule has 190 valence electrons. The van der Waals surface area contributed by atoms with Gasteiger partial charge in [0, 0.05) is 35.7 Å². The van der Waals surface area contributed by atoms with Crippen molar-refractivity contribution in [3.05, 3.63) is 88.1 Å². The van der Waals surface area contributed by atoms with E-state index in [0.717, 1.165) is 62.0 Å². The van der Waals surface area contributed by atoms with Gasteiger partial charge in [-0.25, -0.2) is 4.98 Å². The van der Waals surface area contributed by atoms with E-state index in [9.17, 15) is 14.7 Å². The summed E-state index contributed by atoms with van der Waals surface area (Å²) in [6.45, 7) is 3.00. The highest BCUT2D eigenvalue weighted by Crippen LogP contribution is 2.43. The predicted molar refractivity (Wildman–Crippen MR) is 148 cm³/mol. The molecule has 6 rings (SSSR count). The van der Waals surface area contributed by atoms with Gasteiger partial charge in [0.15, 0.2) is 5.01 Å². The standard InChI is InChI=1S/C30H25N3O4S/c1-17-15-22-28(38-30(33-22)29(36)32-12-9-18-5-3-2-4-6-18)26(21(17)16-24(34)35)20-7-8-23-25-19(11-14-37-23)10-13-31-27(20)25/h2-8,10,13,15H,9,11-12,14,16H2,1H3,(H,32,36)(H,34,35). The molecule has 0 spiro atoms. The number of pyridine rings is 1. The molecule has 5 aromatic rings. The highest BCUT2D eigenvalue weighted by molar-refractivity contribution is 7.20. The second-order valence-electron chi connectivity index (χ2n) is 9.38. The van der Waals surface area contributed by atoms with Crippen LogP contribution in [0.1, 0.15) is 32.1 Å². The number of carboxylic acid groups (broad SMARTS) is 1. The molecule has 7 nitrogen and oxygen atoms in total. The number of carbonyl (C=O) groups is 2. The molecule has 8 heteroatoms. The number of rotatable bonds is 7. The Bertz CT molecular complexity index is 1700. The van der Waals surface area contributed by atoms with Gasteiger partial charge in [0.05, 0.1) is 28.8 Å². The van der Waals surface area contributed by atoms with E-state index in [1.54, 1.807) is 6.20 Å². The SMILES string of the molecule is Cc1cc2nc(C(=O)NCCc3ccccc3)sc2c(-c2ccc3c4c(ccnc24)CCO3)c1CC(=O)O. The van der Waals surface area contributed by atoms with Crippen molar-refractivity contribution in [1.29, 1.82) is 0 Å². The smallest absolute Gasteiger partial charge is 0.307 e. The zero-order valence-corrected chi connectivity index (χ0v) is 21.6. The summed E-state index contributed by atoms with van der Waals surface area (Å²) in [5.41, 5.74) is 6.84. The third kappa shape index (κ3) is 4.37. The summed E-state index contributed by atoms with van der Waals surface area (Å²) in [5.74, 6) is -0.380. The topological polar surface area (TPSA) is 101 Å². The predicted octanol–water partition coefficient (Wildman–Crippen LogP) is 5.35. The van der Waals surface area contributed by atoms with E-state index in [-0.39, 0.29) is 12.3 Å². The average molecular weight is 524 g/mol. The fraction of sp³-hybridized carbons (Fsp3) is 0.200. The van der Waals surface area contributed by atoms with Crippen molar-refractivity contribution < 1.29 is 19.4 Å². The van der Waals surface area contributed by atoms with Crippen LogP contribution in [0.4, 0.5) is 0 Å². The molecular weight excluding hydrogens is 498 g/mol. The molecule has 1 amide bonds. The van der Waals surface area contributed by atoms with Crippen LogP contribution in [0.5, 0.6) is 5.75 Å². The molecule has 2 aromatic heterocycles. The van der Waals surface area contributed by atoms with Crippen molar-refractivity contribution in [2.45, 2.75) is 26.2 Å². The number of nitrogens with one attached hydrogen (secondary N) is 1. The van der Waals surface area contributed by atoms with Gasteiger partial charge in [-0.3, -0.25) is 14.6 Å². The maximum atomic E-state index is 13.1. The first-order chi connectivity index (χ1) is 18.5. The van der Waals surface area contributed by atoms with Gasteiger partial charge in [-0.2, -0.15) is 0 Å². The first kappa shape index (κ1) is 24.1. The number of thiazole rings is 1. The zero-order chi connectivity index (χ0) is 26.2. The Morgan fingerprint density at radius 1 is 1.13 bits per heavy atom. The van der Waals surface area contributed by atoms with E-state index in [4.69, 9.17) is 9.72 Å². The number of aromatic nitrogens is 2. The van der Waals surface area contributed by atoms with Crippen LogP contribution in [-0.2, 0) is 24.1 Å². The molecule has 1 aliphatic rings. The Balaban J connectivity index is 1.46. The number of carbonyl (C=O) groups excluding carboxylic acids is 1. The first-order valence-electron chi connectivity index (χ1n) is 12.5. The van der Waals surface area contributed by atoms with Crippen LogP contribution >= 0.6 is 11.3 Å². The fourth-order valence-corrected chi connectivity index (χ4v) is 6.19. The van der Waals surface area contributed by atoms with Gasteiger partial charge in [-0.15, -0.1) is 11.3 Å². The third-order valence-corrected chi connectivity index (χ3v) is 8.00. The Labute approximate surface area is 223 Å². The lowest BCUT2D eigenvalue weighted by Crippen LogP contribution is -2.25. The normalized spacial score (nSPS) is 12.4. The number of ether oxygens (including phenoxy) is 1. The van der Waals surface area contributed by atoms with E-state index in [1.165, 1.54) is 11.3 Å². The van der Waals surface area contributed by atoms with Crippen LogP contribution in [0.25, 0.3) is 32.2 Å². The highest BCUT2D eigenvalue weighted by atomic mass is 32.1. The van der Waals surface area contributed by atoms with E-state index >= 15 is 0 Å². The Hall–Kier alpha value is -4.30. The minimum Gasteiger partial charge on any atom is -0.493 e. The maximum Gasteiger partial charge on any atom is 0.307 e. The lowest BCUT2D eigenvalue weighted by Gasteiger charge is -2.21. The molecule has 38 heavy (non-hydrogen) atoms. The van der Waals surface area contributed by atoms with Crippen LogP contribution in [0.2, 0.25) is 0 Å². The lowest BCUT2D eigenvalue weighted by atomic mass is 9.90. The Morgan fingerprint density at radius 3 is 2.79 bits per heavy atom. The van der Waals surface area contributed by atoms with Crippen molar-refractivity contribution >= 4 is 44.3 Å². The molecule has 0 atom stereocenters. The van der Waals surface area contributed by atoms with Crippen LogP contribution in [0, 0.1) is 6.92 Å². The maximum absolute atomic E-state index is 13.1. The van der Waals surface area contributed by atoms with Crippen molar-refractivity contribution in [1.82, 2.24) is 15.3 Å². The molecule has 0 bridgehead atoms. The Kier molecular flexibility index (Phi) is 6.25. The molecule has 0 fully saturated rings. The number of aliphatic carboxylic acids is 1. The number of carboxylic acids is 1. The molecule has 0 saturated heterocycles. The third-order valence-electron chi connectivity index (χ3n) is 6.91. The average Bonchev–Trinajstić information content (AvgIpc) is 3.34. The van der Waals surface area contributed by atoms with Gasteiger partial charge in [0.25, 0.3) is 5.91 Å². The van der Waals surface area contributed by atoms with Crippen molar-refractivity contribution in [3.8, 4) is 16.9 Å². The fourth-order valence-electron chi connectivity index (χ4n) is 5.14. The number of hydrogen-bond acceptors (Lipinski definition) is 6. The summed E-state index contributed by atoms with van der Waals surface area (Å²) in [4.78, 5) is 34.3. The van der Waals surface area contributed by atoms with Crippen molar-refractivity contribution in [3.63, 3.8) is 0 Å². The highest BCUT2D eigenvalue weighted by Gasteiger charge is 2.24. The molecule has 0 aliphatic carbocycles. The molecule has 0 saturated carbocycles. The summed E-state index contributed by atoms with van der Waals surface area (Å²) < 4.78 is 6.68. The monoisotopic (exact) mass is 523 g/mol. The van der Waals surface area contributed by atoms with Gasteiger partial charge in [0.1, 0.15) is 5.75 Å². The van der Waals surface area contributed by atoms with Gasteiger partial charge in [0.2, 0.25) is 0 Å². The molecule has 2 N–H and O–H groups in total. The van der Waals surface area contributed by atoms with Crippen molar-refractivity contribution in [2.75, 3.05) is 13.2 Å². The zero-order valence-electron chi connectivity index (χ0n) is 20.8. The number of hydrogen-bond donors (Lipinski definition) is 2. The largest absolute Gasteiger partial charge is 0.493 e. The van der Waals surface area contributed by atoms with Crippen LogP contribution in [0.3, 0.4) is 0 Å². The molecule has 0 unspecified atom stereocenters. The van der Waals surface area contributed by atoms with Gasteiger partial charge >= 0.3 is 5.97 Å². The number of benzene rings is 3. The van der Waals surface area contributed by atoms with Crippen molar-refractivity contribution in [2.24, 2.45) is 0 Å². The number of nitrogens with zero attached hydrogens (tertiary/aromatic N) is 2. The summed E-state index contributed by atoms with van der Waals surface area (Å²) in [6, 6.07) is 17.7. The molecule has 3 heterocycles. The minimum absolute atomic E-state index is 0.146. The summed E-state index contributed by atoms with van der Waals surface area (Å²) in [5, 5.41) is 14.0. The Morgan fingerprint density at radius 2 is 1.97 bits per heavy atom. The van der Waals surface area contributed by atoms with Gasteiger partial charge in [-0.1, -0.05) is 30.3 Å². The quantitative estimate of drug-likeness (QED) is 0.298. The molecule has 0 radical (unpaired) electrons. The van der Waals surface area contributed by atoms with Gasteiger partial charge < -0.3 is 15.2 Å². The van der Waals surface area contributed by atoms with Gasteiger partial charge in [-0.05, 0) is 59.9 Å². The second kappa shape index (κ2) is 9.87. The molecular formula is C30H25N3O4S. The molecule has 3 aromatic carbocycles. The minimum atomic E-state index is -0.920. The lowest BCUT2D eigenvalue weighted by molar-refractivity contribution is -0.136. The number of amides is 1. The summed E-state index contributed by atoms with van der Waals surface area (Å²) in [7, 11) is 0. The molecule has 1 aliphatic heterocycles. The summed E-state index contributed by atoms with van der Waals surface area (Å²) in [6.07, 6.45) is 3.15. The van der Waals surface area contributed by atoms with E-state index in [1.807, 2.05) is 61.5 Å². The van der Waals surface area contributed by atoms with E-state index in [0.29, 0.717) is 29.2 Å². The number of fused-ring (bicyclic) bond motifs is 1. The van der Waals surface area contributed by atoms with Crippen LogP contribution < -0.4 is 10.1 Å². The number of aryl methyl sites for hydroxylation is 1. The van der Waals surface area contributed by atoms with Crippen LogP contribution in [-0.4, -0.2) is 40.1 Å².